The fourth-order valence-electron chi connectivity index (χ4n) is 4.63. The van der Waals surface area contributed by atoms with Gasteiger partial charge in [0.1, 0.15) is 11.6 Å². The van der Waals surface area contributed by atoms with Gasteiger partial charge in [-0.1, -0.05) is 12.1 Å². The smallest absolute Gasteiger partial charge is 0.258 e. The van der Waals surface area contributed by atoms with Gasteiger partial charge in [-0.15, -0.1) is 0 Å². The molecular formula is C23H26N4O4. The average molecular weight is 422 g/mol. The van der Waals surface area contributed by atoms with Crippen molar-refractivity contribution in [1.82, 2.24) is 9.97 Å². The van der Waals surface area contributed by atoms with Crippen LogP contribution in [0.4, 0.5) is 11.8 Å². The van der Waals surface area contributed by atoms with Crippen LogP contribution in [0.3, 0.4) is 0 Å². The van der Waals surface area contributed by atoms with Crippen LogP contribution in [0.15, 0.2) is 40.3 Å². The zero-order valence-corrected chi connectivity index (χ0v) is 17.6. The molecular weight excluding hydrogens is 396 g/mol. The lowest BCUT2D eigenvalue weighted by molar-refractivity contribution is -0.116. The topological polar surface area (TPSA) is 96.5 Å². The van der Waals surface area contributed by atoms with E-state index >= 15 is 0 Å². The van der Waals surface area contributed by atoms with E-state index in [1.165, 1.54) is 0 Å². The minimum absolute atomic E-state index is 0.0925. The van der Waals surface area contributed by atoms with Crippen LogP contribution in [-0.2, 0) is 9.53 Å². The third-order valence-electron chi connectivity index (χ3n) is 6.08. The lowest BCUT2D eigenvalue weighted by Crippen LogP contribution is -2.40. The Balaban J connectivity index is 1.62. The molecule has 0 radical (unpaired) electrons. The summed E-state index contributed by atoms with van der Waals surface area (Å²) in [4.78, 5) is 36.0. The van der Waals surface area contributed by atoms with Crippen molar-refractivity contribution in [3.8, 4) is 5.75 Å². The molecule has 1 aromatic carbocycles. The number of nitrogens with zero attached hydrogens (tertiary/aromatic N) is 2. The van der Waals surface area contributed by atoms with Gasteiger partial charge in [-0.3, -0.25) is 14.6 Å². The molecule has 1 atom stereocenters. The molecule has 162 valence electrons. The number of anilines is 2. The van der Waals surface area contributed by atoms with Gasteiger partial charge in [0.25, 0.3) is 5.56 Å². The van der Waals surface area contributed by atoms with E-state index in [-0.39, 0.29) is 11.3 Å². The summed E-state index contributed by atoms with van der Waals surface area (Å²) in [5.41, 5.74) is 2.74. The molecule has 2 aliphatic heterocycles. The van der Waals surface area contributed by atoms with E-state index in [9.17, 15) is 9.59 Å². The first-order chi connectivity index (χ1) is 15.2. The predicted octanol–water partition coefficient (Wildman–Crippen LogP) is 2.57. The van der Waals surface area contributed by atoms with Gasteiger partial charge in [0.05, 0.1) is 25.4 Å². The minimum Gasteiger partial charge on any atom is -0.494 e. The number of hydrogen-bond donors (Lipinski definition) is 2. The molecule has 0 bridgehead atoms. The van der Waals surface area contributed by atoms with E-state index in [0.29, 0.717) is 62.2 Å². The number of fused-ring (bicyclic) bond motifs is 1. The van der Waals surface area contributed by atoms with Crippen LogP contribution in [0, 0.1) is 0 Å². The number of carbonyl (C=O) groups is 1. The van der Waals surface area contributed by atoms with Crippen LogP contribution < -0.4 is 20.5 Å². The number of allylic oxidation sites excluding steroid dienone is 2. The van der Waals surface area contributed by atoms with Crippen LogP contribution in [0.5, 0.6) is 5.75 Å². The van der Waals surface area contributed by atoms with Crippen LogP contribution in [0.25, 0.3) is 0 Å². The normalized spacial score (nSPS) is 20.7. The molecule has 1 fully saturated rings. The molecule has 8 nitrogen and oxygen atoms in total. The summed E-state index contributed by atoms with van der Waals surface area (Å²) >= 11 is 0. The summed E-state index contributed by atoms with van der Waals surface area (Å²) < 4.78 is 11.0. The number of benzene rings is 1. The molecule has 1 aliphatic carbocycles. The molecule has 3 aliphatic rings. The van der Waals surface area contributed by atoms with Crippen LogP contribution >= 0.6 is 0 Å². The highest BCUT2D eigenvalue weighted by Crippen LogP contribution is 2.43. The second-order valence-corrected chi connectivity index (χ2v) is 7.98. The van der Waals surface area contributed by atoms with Gasteiger partial charge >= 0.3 is 0 Å². The number of nitrogens with one attached hydrogen (secondary N) is 2. The Kier molecular flexibility index (Phi) is 5.23. The molecule has 0 unspecified atom stereocenters. The molecule has 31 heavy (non-hydrogen) atoms. The Labute approximate surface area is 180 Å². The second kappa shape index (κ2) is 8.19. The number of rotatable bonds is 4. The Hall–Kier alpha value is -3.13. The molecule has 3 heterocycles. The standard InChI is InChI=1S/C23H26N4O4/c1-2-31-15-8-6-14(7-9-15)18-19-16(4-3-5-17(19)28)24-21-20(18)22(29)26-23(25-21)27-10-12-30-13-11-27/h6-9,18H,2-5,10-13H2,1H3,(H2,24,25,26,29)/t18-/m1/s1. The zero-order valence-electron chi connectivity index (χ0n) is 17.6. The Bertz CT molecular complexity index is 1080. The number of carbonyl (C=O) groups excluding carboxylic acids is 1. The van der Waals surface area contributed by atoms with Crippen molar-refractivity contribution >= 4 is 17.5 Å². The minimum atomic E-state index is -0.440. The molecule has 2 aromatic rings. The van der Waals surface area contributed by atoms with Crippen LogP contribution in [0.2, 0.25) is 0 Å². The summed E-state index contributed by atoms with van der Waals surface area (Å²) in [6.07, 6.45) is 2.07. The quantitative estimate of drug-likeness (QED) is 0.782. The summed E-state index contributed by atoms with van der Waals surface area (Å²) in [6.45, 7) is 5.08. The molecule has 5 rings (SSSR count). The predicted molar refractivity (Wildman–Crippen MR) is 117 cm³/mol. The van der Waals surface area contributed by atoms with Gasteiger partial charge in [0, 0.05) is 36.7 Å². The summed E-state index contributed by atoms with van der Waals surface area (Å²) in [5, 5.41) is 3.33. The van der Waals surface area contributed by atoms with Gasteiger partial charge in [-0.25, -0.2) is 0 Å². The number of aromatic amines is 1. The van der Waals surface area contributed by atoms with Gasteiger partial charge in [-0.2, -0.15) is 4.98 Å². The first kappa shape index (κ1) is 19.8. The number of Topliss-reactive ketones (excluding diaryl/α,β-unsaturated/α-hetero) is 1. The van der Waals surface area contributed by atoms with Gasteiger partial charge < -0.3 is 19.7 Å². The molecule has 0 amide bonds. The fourth-order valence-corrected chi connectivity index (χ4v) is 4.63. The first-order valence-electron chi connectivity index (χ1n) is 10.9. The molecule has 0 spiro atoms. The third kappa shape index (κ3) is 3.61. The summed E-state index contributed by atoms with van der Waals surface area (Å²) in [7, 11) is 0. The Morgan fingerprint density at radius 2 is 1.94 bits per heavy atom. The van der Waals surface area contributed by atoms with Crippen molar-refractivity contribution < 1.29 is 14.3 Å². The number of morpholine rings is 1. The monoisotopic (exact) mass is 422 g/mol. The fraction of sp³-hybridized carbons (Fsp3) is 0.435. The number of hydrogen-bond acceptors (Lipinski definition) is 7. The Morgan fingerprint density at radius 3 is 2.68 bits per heavy atom. The molecule has 8 heteroatoms. The van der Waals surface area contributed by atoms with E-state index in [1.807, 2.05) is 36.1 Å². The highest BCUT2D eigenvalue weighted by Gasteiger charge is 2.38. The van der Waals surface area contributed by atoms with E-state index in [0.717, 1.165) is 29.9 Å². The van der Waals surface area contributed by atoms with E-state index in [4.69, 9.17) is 14.5 Å². The van der Waals surface area contributed by atoms with Gasteiger partial charge in [-0.05, 0) is 37.5 Å². The van der Waals surface area contributed by atoms with Crippen molar-refractivity contribution in [2.45, 2.75) is 32.1 Å². The van der Waals surface area contributed by atoms with Gasteiger partial charge in [0.15, 0.2) is 5.78 Å². The number of ether oxygens (including phenoxy) is 2. The average Bonchev–Trinajstić information content (AvgIpc) is 2.79. The molecule has 1 aromatic heterocycles. The maximum absolute atomic E-state index is 13.3. The van der Waals surface area contributed by atoms with E-state index in [1.54, 1.807) is 0 Å². The number of ketones is 1. The summed E-state index contributed by atoms with van der Waals surface area (Å²) in [5.74, 6) is 1.49. The maximum Gasteiger partial charge on any atom is 0.258 e. The molecule has 2 N–H and O–H groups in total. The first-order valence-corrected chi connectivity index (χ1v) is 10.9. The largest absolute Gasteiger partial charge is 0.494 e. The molecule has 0 saturated carbocycles. The van der Waals surface area contributed by atoms with Crippen molar-refractivity contribution in [2.75, 3.05) is 43.1 Å². The van der Waals surface area contributed by atoms with E-state index < -0.39 is 5.92 Å². The van der Waals surface area contributed by atoms with Crippen LogP contribution in [-0.4, -0.2) is 48.7 Å². The van der Waals surface area contributed by atoms with Crippen molar-refractivity contribution in [3.05, 3.63) is 57.0 Å². The number of aromatic nitrogens is 2. The second-order valence-electron chi connectivity index (χ2n) is 7.98. The lowest BCUT2D eigenvalue weighted by atomic mass is 9.76. The zero-order chi connectivity index (χ0) is 21.4. The van der Waals surface area contributed by atoms with Gasteiger partial charge in [0.2, 0.25) is 5.95 Å². The lowest BCUT2D eigenvalue weighted by Gasteiger charge is -2.34. The third-order valence-corrected chi connectivity index (χ3v) is 6.08. The van der Waals surface area contributed by atoms with E-state index in [2.05, 4.69) is 10.3 Å². The van der Waals surface area contributed by atoms with Crippen LogP contribution in [0.1, 0.15) is 43.2 Å². The van der Waals surface area contributed by atoms with Crippen molar-refractivity contribution in [2.24, 2.45) is 0 Å². The summed E-state index contributed by atoms with van der Waals surface area (Å²) in [6, 6.07) is 7.65. The van der Waals surface area contributed by atoms with Crippen molar-refractivity contribution in [1.29, 1.82) is 0 Å². The van der Waals surface area contributed by atoms with Crippen molar-refractivity contribution in [3.63, 3.8) is 0 Å². The highest BCUT2D eigenvalue weighted by molar-refractivity contribution is 6.00. The highest BCUT2D eigenvalue weighted by atomic mass is 16.5. The maximum atomic E-state index is 13.3. The Morgan fingerprint density at radius 1 is 1.16 bits per heavy atom. The molecule has 1 saturated heterocycles. The number of H-pyrrole nitrogens is 1. The SMILES string of the molecule is CCOc1ccc([C@@H]2C3=C(CCCC3=O)Nc3nc(N4CCOCC4)[nH]c(=O)c32)cc1.